The summed E-state index contributed by atoms with van der Waals surface area (Å²) in [5, 5.41) is 41.6. The fraction of sp³-hybridized carbons (Fsp3) is 0.125. The lowest BCUT2D eigenvalue weighted by Gasteiger charge is -2.10. The van der Waals surface area contributed by atoms with Crippen LogP contribution in [0.1, 0.15) is 13.8 Å². The molecule has 58 heavy (non-hydrogen) atoms. The summed E-state index contributed by atoms with van der Waals surface area (Å²) in [5.74, 6) is -3.18. The van der Waals surface area contributed by atoms with E-state index in [1.807, 2.05) is 0 Å². The number of anilines is 2. The van der Waals surface area contributed by atoms with Crippen molar-refractivity contribution >= 4 is 101 Å². The van der Waals surface area contributed by atoms with Gasteiger partial charge in [-0.3, -0.25) is 39.4 Å². The smallest absolute Gasteiger partial charge is 0.297 e. The number of hydrogen-bond acceptors (Lipinski definition) is 18. The van der Waals surface area contributed by atoms with Crippen LogP contribution in [-0.4, -0.2) is 71.3 Å². The van der Waals surface area contributed by atoms with Crippen molar-refractivity contribution in [2.45, 2.75) is 35.7 Å². The fourth-order valence-corrected chi connectivity index (χ4v) is 5.53. The van der Waals surface area contributed by atoms with Crippen LogP contribution in [0.2, 0.25) is 10.0 Å². The number of rotatable bonds is 14. The highest BCUT2D eigenvalue weighted by Gasteiger charge is 2.26. The Balaban J connectivity index is 0.000000310. The minimum atomic E-state index is -4.93. The first-order valence-electron chi connectivity index (χ1n) is 15.4. The minimum absolute atomic E-state index is 0.213. The number of nitro benzene ring substituents is 2. The quantitative estimate of drug-likeness (QED) is 0.0507. The first-order chi connectivity index (χ1) is 27.0. The molecule has 26 heteroatoms. The third-order valence-electron chi connectivity index (χ3n) is 6.96. The molecular weight excluding hydrogens is 855 g/mol. The molecule has 0 spiro atoms. The van der Waals surface area contributed by atoms with Gasteiger partial charge in [0.1, 0.15) is 20.2 Å². The monoisotopic (exact) mass is 878 g/mol. The van der Waals surface area contributed by atoms with Gasteiger partial charge in [0.05, 0.1) is 41.1 Å². The topological polar surface area (TPSA) is 342 Å². The molecule has 4 rings (SSSR count). The molecule has 0 heterocycles. The number of nitrogens with one attached hydrogen (secondary N) is 2. The number of Topliss-reactive ketones (excluding diaryl/α,β-unsaturated/α-hetero) is 2. The molecule has 22 nitrogen and oxygen atoms in total. The molecule has 2 unspecified atom stereocenters. The van der Waals surface area contributed by atoms with Gasteiger partial charge in [-0.1, -0.05) is 47.5 Å². The van der Waals surface area contributed by atoms with Gasteiger partial charge in [-0.15, -0.1) is 10.2 Å². The summed E-state index contributed by atoms with van der Waals surface area (Å²) in [6, 6.07) is 13.5. The number of carbonyl (C=O) groups is 4. The maximum atomic E-state index is 12.3. The van der Waals surface area contributed by atoms with Gasteiger partial charge in [-0.05, 0) is 62.4 Å². The molecule has 4 aromatic rings. The van der Waals surface area contributed by atoms with Crippen LogP contribution in [0.5, 0.6) is 0 Å². The molecule has 2 N–H and O–H groups in total. The van der Waals surface area contributed by atoms with E-state index < -0.39 is 98.1 Å². The van der Waals surface area contributed by atoms with E-state index in [9.17, 15) is 65.3 Å². The summed E-state index contributed by atoms with van der Waals surface area (Å²) in [6.07, 6.45) is 0. The summed E-state index contributed by atoms with van der Waals surface area (Å²) >= 11 is 11.9. The van der Waals surface area contributed by atoms with Crippen molar-refractivity contribution in [1.29, 1.82) is 0 Å². The first-order valence-corrected chi connectivity index (χ1v) is 19.0. The molecule has 2 atom stereocenters. The number of nitrogens with zero attached hydrogens (tertiary/aromatic N) is 6. The van der Waals surface area contributed by atoms with Crippen LogP contribution in [-0.2, 0) is 39.4 Å². The average molecular weight is 880 g/mol. The van der Waals surface area contributed by atoms with Gasteiger partial charge < -0.3 is 19.7 Å². The average Bonchev–Trinajstić information content (AvgIpc) is 3.12. The van der Waals surface area contributed by atoms with Gasteiger partial charge in [-0.25, -0.2) is 16.8 Å². The van der Waals surface area contributed by atoms with Crippen LogP contribution in [0.3, 0.4) is 0 Å². The van der Waals surface area contributed by atoms with E-state index in [0.29, 0.717) is 12.1 Å². The summed E-state index contributed by atoms with van der Waals surface area (Å²) < 4.78 is 66.1. The number of ketones is 2. The number of nitro groups is 2. The Labute approximate surface area is 336 Å². The van der Waals surface area contributed by atoms with E-state index in [0.717, 1.165) is 38.1 Å². The normalized spacial score (nSPS) is 12.5. The zero-order chi connectivity index (χ0) is 43.5. The number of benzene rings is 4. The summed E-state index contributed by atoms with van der Waals surface area (Å²) in [5.41, 5.74) is -2.12. The molecule has 0 saturated carbocycles. The fourth-order valence-electron chi connectivity index (χ4n) is 4.18. The number of hydrogen-bond donors (Lipinski definition) is 2. The first kappa shape index (κ1) is 45.9. The van der Waals surface area contributed by atoms with Gasteiger partial charge in [-0.2, -0.15) is 10.2 Å². The molecule has 0 aromatic heterocycles. The molecule has 0 aliphatic heterocycles. The lowest BCUT2D eigenvalue weighted by molar-refractivity contribution is -0.384. The third-order valence-corrected chi connectivity index (χ3v) is 9.28. The highest BCUT2D eigenvalue weighted by atomic mass is 35.5. The number of para-hydroxylation sites is 2. The van der Waals surface area contributed by atoms with E-state index >= 15 is 0 Å². The third kappa shape index (κ3) is 12.8. The maximum Gasteiger partial charge on any atom is 0.297 e. The van der Waals surface area contributed by atoms with E-state index in [1.54, 1.807) is 24.3 Å². The van der Waals surface area contributed by atoms with Crippen molar-refractivity contribution in [3.63, 3.8) is 0 Å². The molecule has 304 valence electrons. The van der Waals surface area contributed by atoms with E-state index in [1.165, 1.54) is 24.3 Å². The van der Waals surface area contributed by atoms with Gasteiger partial charge in [0, 0.05) is 12.1 Å². The van der Waals surface area contributed by atoms with E-state index in [2.05, 4.69) is 31.1 Å². The molecule has 0 aliphatic carbocycles. The highest BCUT2D eigenvalue weighted by Crippen LogP contribution is 2.32. The van der Waals surface area contributed by atoms with Gasteiger partial charge in [0.2, 0.25) is 12.1 Å². The zero-order valence-electron chi connectivity index (χ0n) is 29.2. The van der Waals surface area contributed by atoms with Crippen LogP contribution in [0, 0.1) is 20.2 Å². The Kier molecular flexibility index (Phi) is 15.5. The molecule has 4 aromatic carbocycles. The number of azo groups is 2. The minimum Gasteiger partial charge on any atom is -0.744 e. The Morgan fingerprint density at radius 1 is 0.603 bits per heavy atom. The number of halogens is 2. The van der Waals surface area contributed by atoms with Crippen molar-refractivity contribution in [3.8, 4) is 0 Å². The Morgan fingerprint density at radius 3 is 1.21 bits per heavy atom. The Bertz CT molecular complexity index is 2410. The molecular formula is C32H24Cl2N8O14S2-2. The van der Waals surface area contributed by atoms with Crippen LogP contribution >= 0.6 is 23.2 Å². The van der Waals surface area contributed by atoms with Crippen molar-refractivity contribution in [2.24, 2.45) is 20.5 Å². The SMILES string of the molecule is CC(=O)C(N=Nc1ccc(S(=O)(=O)[O-])cc1[N+](=O)[O-])C(=O)Nc1ccccc1Cl.CC(=O)C(N=Nc1ccc(S(=O)(=O)[O-])cc1[N+](=O)[O-])C(=O)Nc1ccccc1Cl. The molecule has 0 saturated heterocycles. The second kappa shape index (κ2) is 19.6. The molecule has 0 bridgehead atoms. The van der Waals surface area contributed by atoms with Crippen LogP contribution in [0.15, 0.2) is 115 Å². The number of amides is 2. The molecule has 2 amide bonds. The molecule has 0 aliphatic rings. The molecule has 0 radical (unpaired) electrons. The lowest BCUT2D eigenvalue weighted by Crippen LogP contribution is -2.31. The maximum absolute atomic E-state index is 12.3. The largest absolute Gasteiger partial charge is 0.744 e. The van der Waals surface area contributed by atoms with E-state index in [4.69, 9.17) is 23.2 Å². The number of carbonyl (C=O) groups excluding carboxylic acids is 4. The van der Waals surface area contributed by atoms with Crippen molar-refractivity contribution in [2.75, 3.05) is 10.6 Å². The predicted molar refractivity (Wildman–Crippen MR) is 200 cm³/mol. The highest BCUT2D eigenvalue weighted by molar-refractivity contribution is 7.86. The molecule has 0 fully saturated rings. The zero-order valence-corrected chi connectivity index (χ0v) is 32.4. The summed E-state index contributed by atoms with van der Waals surface area (Å²) in [4.78, 5) is 66.9. The predicted octanol–water partition coefficient (Wildman–Crippen LogP) is 5.66. The van der Waals surface area contributed by atoms with Crippen molar-refractivity contribution < 1.29 is 55.0 Å². The second-order valence-electron chi connectivity index (χ2n) is 11.1. The lowest BCUT2D eigenvalue weighted by atomic mass is 10.2. The van der Waals surface area contributed by atoms with E-state index in [-0.39, 0.29) is 21.4 Å². The Morgan fingerprint density at radius 2 is 0.931 bits per heavy atom. The summed E-state index contributed by atoms with van der Waals surface area (Å²) in [6.45, 7) is 2.13. The summed E-state index contributed by atoms with van der Waals surface area (Å²) in [7, 11) is -9.86. The van der Waals surface area contributed by atoms with Crippen LogP contribution < -0.4 is 10.6 Å². The van der Waals surface area contributed by atoms with Gasteiger partial charge in [0.15, 0.2) is 22.9 Å². The second-order valence-corrected chi connectivity index (χ2v) is 14.7. The van der Waals surface area contributed by atoms with Gasteiger partial charge in [0.25, 0.3) is 23.2 Å². The van der Waals surface area contributed by atoms with Crippen molar-refractivity contribution in [3.05, 3.63) is 115 Å². The standard InChI is InChI=1S/2C16H13ClN4O7S/c2*1-9(22)15(16(23)18-12-5-3-2-4-11(12)17)20-19-13-7-6-10(29(26,27)28)8-14(13)21(24)25/h2*2-8,15H,1H3,(H,18,23)(H,26,27,28)/p-2. The Hall–Kier alpha value is -6.44. The van der Waals surface area contributed by atoms with Crippen LogP contribution in [0.25, 0.3) is 0 Å². The van der Waals surface area contributed by atoms with Crippen LogP contribution in [0.4, 0.5) is 34.1 Å². The van der Waals surface area contributed by atoms with Gasteiger partial charge >= 0.3 is 0 Å². The van der Waals surface area contributed by atoms with Crippen molar-refractivity contribution in [1.82, 2.24) is 0 Å².